The molecule has 12 heavy (non-hydrogen) atoms. The molecule has 0 saturated carbocycles. The first-order chi connectivity index (χ1) is 5.86. The van der Waals surface area contributed by atoms with Crippen molar-refractivity contribution in [1.82, 2.24) is 15.0 Å². The van der Waals surface area contributed by atoms with Crippen LogP contribution >= 0.6 is 0 Å². The molecule has 64 valence electrons. The topological polar surface area (TPSA) is 59.9 Å². The van der Waals surface area contributed by atoms with Gasteiger partial charge in [-0.1, -0.05) is 6.08 Å². The normalized spacial score (nSPS) is 9.08. The van der Waals surface area contributed by atoms with Gasteiger partial charge in [0.05, 0.1) is 7.11 Å². The summed E-state index contributed by atoms with van der Waals surface area (Å²) in [4.78, 5) is 11.5. The number of anilines is 1. The highest BCUT2D eigenvalue weighted by Gasteiger charge is 1.96. The van der Waals surface area contributed by atoms with Crippen molar-refractivity contribution in [1.29, 1.82) is 0 Å². The molecule has 0 aliphatic carbocycles. The summed E-state index contributed by atoms with van der Waals surface area (Å²) in [6.45, 7) is 4.17. The van der Waals surface area contributed by atoms with E-state index < -0.39 is 0 Å². The summed E-state index contributed by atoms with van der Waals surface area (Å²) in [6.07, 6.45) is 3.10. The van der Waals surface area contributed by atoms with E-state index in [1.807, 2.05) is 0 Å². The van der Waals surface area contributed by atoms with Crippen molar-refractivity contribution in [3.8, 4) is 6.01 Å². The van der Waals surface area contributed by atoms with E-state index in [2.05, 4.69) is 26.8 Å². The van der Waals surface area contributed by atoms with Gasteiger partial charge in [0.1, 0.15) is 6.33 Å². The monoisotopic (exact) mass is 166 g/mol. The molecular weight excluding hydrogens is 156 g/mol. The summed E-state index contributed by atoms with van der Waals surface area (Å²) in [5.41, 5.74) is 0. The Morgan fingerprint density at radius 2 is 2.50 bits per heavy atom. The first-order valence-corrected chi connectivity index (χ1v) is 3.44. The second kappa shape index (κ2) is 4.27. The highest BCUT2D eigenvalue weighted by atomic mass is 16.5. The van der Waals surface area contributed by atoms with E-state index in [4.69, 9.17) is 4.74 Å². The highest BCUT2D eigenvalue weighted by molar-refractivity contribution is 5.24. The highest BCUT2D eigenvalue weighted by Crippen LogP contribution is 2.01. The van der Waals surface area contributed by atoms with Crippen LogP contribution in [0.15, 0.2) is 19.0 Å². The van der Waals surface area contributed by atoms with Crippen LogP contribution in [0, 0.1) is 0 Å². The molecular formula is C7H10N4O. The van der Waals surface area contributed by atoms with E-state index in [1.54, 1.807) is 6.08 Å². The van der Waals surface area contributed by atoms with Crippen molar-refractivity contribution in [2.45, 2.75) is 0 Å². The van der Waals surface area contributed by atoms with Crippen molar-refractivity contribution in [3.05, 3.63) is 19.0 Å². The summed E-state index contributed by atoms with van der Waals surface area (Å²) in [6, 6.07) is 0.302. The molecule has 1 aromatic heterocycles. The van der Waals surface area contributed by atoms with Crippen LogP contribution in [0.5, 0.6) is 6.01 Å². The lowest BCUT2D eigenvalue weighted by atomic mass is 10.6. The van der Waals surface area contributed by atoms with Crippen molar-refractivity contribution in [2.24, 2.45) is 0 Å². The van der Waals surface area contributed by atoms with Gasteiger partial charge >= 0.3 is 6.01 Å². The van der Waals surface area contributed by atoms with E-state index in [0.29, 0.717) is 18.5 Å². The van der Waals surface area contributed by atoms with Crippen LogP contribution in [0.4, 0.5) is 5.95 Å². The predicted molar refractivity (Wildman–Crippen MR) is 45.1 cm³/mol. The minimum absolute atomic E-state index is 0.302. The molecule has 0 saturated heterocycles. The number of nitrogens with one attached hydrogen (secondary N) is 1. The van der Waals surface area contributed by atoms with Crippen LogP contribution in [0.3, 0.4) is 0 Å². The molecule has 1 N–H and O–H groups in total. The Kier molecular flexibility index (Phi) is 3.01. The Labute approximate surface area is 70.5 Å². The summed E-state index contributed by atoms with van der Waals surface area (Å²) in [5, 5.41) is 2.91. The number of aromatic nitrogens is 3. The zero-order chi connectivity index (χ0) is 8.81. The Hall–Kier alpha value is -1.65. The van der Waals surface area contributed by atoms with E-state index in [-0.39, 0.29) is 0 Å². The molecule has 5 nitrogen and oxygen atoms in total. The van der Waals surface area contributed by atoms with Crippen LogP contribution in [0.25, 0.3) is 0 Å². The average molecular weight is 166 g/mol. The molecule has 0 fully saturated rings. The van der Waals surface area contributed by atoms with E-state index in [1.165, 1.54) is 13.4 Å². The Morgan fingerprint density at radius 1 is 1.67 bits per heavy atom. The summed E-state index contributed by atoms with van der Waals surface area (Å²) >= 11 is 0. The van der Waals surface area contributed by atoms with Gasteiger partial charge in [-0.25, -0.2) is 4.98 Å². The molecule has 0 radical (unpaired) electrons. The fraction of sp³-hybridized carbons (Fsp3) is 0.286. The molecule has 0 unspecified atom stereocenters. The van der Waals surface area contributed by atoms with Gasteiger partial charge in [0.15, 0.2) is 0 Å². The summed E-state index contributed by atoms with van der Waals surface area (Å²) in [7, 11) is 1.51. The number of nitrogens with zero attached hydrogens (tertiary/aromatic N) is 3. The van der Waals surface area contributed by atoms with Crippen molar-refractivity contribution < 1.29 is 4.74 Å². The molecule has 0 aromatic carbocycles. The van der Waals surface area contributed by atoms with Crippen molar-refractivity contribution in [3.63, 3.8) is 0 Å². The predicted octanol–water partition coefficient (Wildman–Crippen LogP) is 0.478. The van der Waals surface area contributed by atoms with Crippen LogP contribution in [0.2, 0.25) is 0 Å². The zero-order valence-corrected chi connectivity index (χ0v) is 6.82. The largest absolute Gasteiger partial charge is 0.467 e. The lowest BCUT2D eigenvalue weighted by Gasteiger charge is -2.01. The van der Waals surface area contributed by atoms with Gasteiger partial charge in [-0.3, -0.25) is 0 Å². The summed E-state index contributed by atoms with van der Waals surface area (Å²) < 4.78 is 4.81. The number of methoxy groups -OCH3 is 1. The third-order valence-corrected chi connectivity index (χ3v) is 1.14. The second-order valence-corrected chi connectivity index (χ2v) is 1.97. The molecule has 0 aliphatic heterocycles. The third kappa shape index (κ3) is 2.19. The van der Waals surface area contributed by atoms with Crippen molar-refractivity contribution >= 4 is 5.95 Å². The van der Waals surface area contributed by atoms with Gasteiger partial charge < -0.3 is 10.1 Å². The Morgan fingerprint density at radius 3 is 3.17 bits per heavy atom. The van der Waals surface area contributed by atoms with Crippen LogP contribution in [-0.2, 0) is 0 Å². The number of ether oxygens (including phenoxy) is 1. The minimum Gasteiger partial charge on any atom is -0.467 e. The third-order valence-electron chi connectivity index (χ3n) is 1.14. The Bertz CT molecular complexity index is 263. The van der Waals surface area contributed by atoms with Gasteiger partial charge in [-0.05, 0) is 0 Å². The smallest absolute Gasteiger partial charge is 0.320 e. The average Bonchev–Trinajstić information content (AvgIpc) is 2.15. The molecule has 0 bridgehead atoms. The number of hydrogen-bond acceptors (Lipinski definition) is 5. The van der Waals surface area contributed by atoms with Crippen LogP contribution in [-0.4, -0.2) is 28.6 Å². The first-order valence-electron chi connectivity index (χ1n) is 3.44. The SMILES string of the molecule is C=CCNc1ncnc(OC)n1. The number of hydrogen-bond donors (Lipinski definition) is 1. The fourth-order valence-electron chi connectivity index (χ4n) is 0.628. The van der Waals surface area contributed by atoms with E-state index in [0.717, 1.165) is 0 Å². The molecule has 5 heteroatoms. The maximum atomic E-state index is 4.81. The molecule has 0 amide bonds. The maximum Gasteiger partial charge on any atom is 0.320 e. The molecule has 1 aromatic rings. The molecule has 1 rings (SSSR count). The maximum absolute atomic E-state index is 4.81. The van der Waals surface area contributed by atoms with Gasteiger partial charge in [-0.2, -0.15) is 9.97 Å². The quantitative estimate of drug-likeness (QED) is 0.659. The van der Waals surface area contributed by atoms with Crippen molar-refractivity contribution in [2.75, 3.05) is 19.0 Å². The molecule has 0 atom stereocenters. The van der Waals surface area contributed by atoms with Crippen LogP contribution < -0.4 is 10.1 Å². The van der Waals surface area contributed by atoms with E-state index in [9.17, 15) is 0 Å². The zero-order valence-electron chi connectivity index (χ0n) is 6.82. The molecule has 1 heterocycles. The van der Waals surface area contributed by atoms with Gasteiger partial charge in [0.2, 0.25) is 5.95 Å². The fourth-order valence-corrected chi connectivity index (χ4v) is 0.628. The lowest BCUT2D eigenvalue weighted by Crippen LogP contribution is -2.04. The Balaban J connectivity index is 2.65. The van der Waals surface area contributed by atoms with Gasteiger partial charge in [0, 0.05) is 6.54 Å². The van der Waals surface area contributed by atoms with E-state index >= 15 is 0 Å². The van der Waals surface area contributed by atoms with Gasteiger partial charge in [-0.15, -0.1) is 6.58 Å². The van der Waals surface area contributed by atoms with Crippen LogP contribution in [0.1, 0.15) is 0 Å². The standard InChI is InChI=1S/C7H10N4O/c1-3-4-8-6-9-5-10-7(11-6)12-2/h3,5H,1,4H2,2H3,(H,8,9,10,11). The van der Waals surface area contributed by atoms with Gasteiger partial charge in [0.25, 0.3) is 0 Å². The second-order valence-electron chi connectivity index (χ2n) is 1.97. The summed E-state index contributed by atoms with van der Waals surface area (Å²) in [5.74, 6) is 0.488. The minimum atomic E-state index is 0.302. The molecule has 0 spiro atoms. The number of rotatable bonds is 4. The lowest BCUT2D eigenvalue weighted by molar-refractivity contribution is 0.378. The molecule has 0 aliphatic rings. The first kappa shape index (κ1) is 8.45.